The van der Waals surface area contributed by atoms with E-state index >= 15 is 0 Å². The van der Waals surface area contributed by atoms with Gasteiger partial charge in [-0.05, 0) is 29.8 Å². The fraction of sp³-hybridized carbons (Fsp3) is 0.0556. The first-order chi connectivity index (χ1) is 11.6. The predicted molar refractivity (Wildman–Crippen MR) is 88.4 cm³/mol. The maximum absolute atomic E-state index is 12.1. The maximum atomic E-state index is 12.1. The molecule has 3 aromatic rings. The number of non-ortho nitro benzene ring substituents is 1. The summed E-state index contributed by atoms with van der Waals surface area (Å²) in [5.74, 6) is 0.362. The molecule has 0 spiro atoms. The number of rotatable bonds is 5. The Balaban J connectivity index is 1.68. The van der Waals surface area contributed by atoms with E-state index in [1.165, 1.54) is 12.1 Å². The van der Waals surface area contributed by atoms with Crippen LogP contribution in [0.3, 0.4) is 0 Å². The van der Waals surface area contributed by atoms with Crippen molar-refractivity contribution >= 4 is 11.6 Å². The number of nitrogens with one attached hydrogen (secondary N) is 1. The molecule has 0 radical (unpaired) electrons. The van der Waals surface area contributed by atoms with Crippen LogP contribution in [0.1, 0.15) is 16.1 Å². The largest absolute Gasteiger partial charge is 0.451 e. The normalized spacial score (nSPS) is 10.3. The van der Waals surface area contributed by atoms with Gasteiger partial charge in [-0.2, -0.15) is 0 Å². The van der Waals surface area contributed by atoms with Crippen molar-refractivity contribution in [3.8, 4) is 11.3 Å². The summed E-state index contributed by atoms with van der Waals surface area (Å²) in [4.78, 5) is 22.3. The van der Waals surface area contributed by atoms with Gasteiger partial charge < -0.3 is 9.73 Å². The molecule has 120 valence electrons. The molecule has 0 aliphatic rings. The monoisotopic (exact) mass is 322 g/mol. The number of benzene rings is 2. The van der Waals surface area contributed by atoms with Crippen LogP contribution in [0.25, 0.3) is 11.3 Å². The lowest BCUT2D eigenvalue weighted by molar-refractivity contribution is -0.384. The van der Waals surface area contributed by atoms with Gasteiger partial charge in [0.2, 0.25) is 0 Å². The molecule has 0 bridgehead atoms. The lowest BCUT2D eigenvalue weighted by Gasteiger charge is -2.03. The molecule has 1 heterocycles. The Morgan fingerprint density at radius 1 is 1.00 bits per heavy atom. The zero-order valence-electron chi connectivity index (χ0n) is 12.6. The minimum Gasteiger partial charge on any atom is -0.451 e. The van der Waals surface area contributed by atoms with E-state index in [1.807, 2.05) is 30.3 Å². The number of nitrogens with zero attached hydrogens (tertiary/aromatic N) is 1. The highest BCUT2D eigenvalue weighted by Gasteiger charge is 2.13. The summed E-state index contributed by atoms with van der Waals surface area (Å²) in [5.41, 5.74) is 1.67. The first kappa shape index (κ1) is 15.5. The molecule has 24 heavy (non-hydrogen) atoms. The average molecular weight is 322 g/mol. The number of nitro groups is 1. The number of hydrogen-bond acceptors (Lipinski definition) is 4. The van der Waals surface area contributed by atoms with Gasteiger partial charge in [-0.15, -0.1) is 0 Å². The summed E-state index contributed by atoms with van der Waals surface area (Å²) in [5, 5.41) is 13.4. The van der Waals surface area contributed by atoms with Gasteiger partial charge >= 0.3 is 0 Å². The highest BCUT2D eigenvalue weighted by atomic mass is 16.6. The molecule has 1 aromatic heterocycles. The molecule has 0 aliphatic carbocycles. The molecular formula is C18H14N2O4. The highest BCUT2D eigenvalue weighted by molar-refractivity contribution is 5.92. The Morgan fingerprint density at radius 3 is 2.38 bits per heavy atom. The maximum Gasteiger partial charge on any atom is 0.287 e. The molecule has 0 atom stereocenters. The van der Waals surface area contributed by atoms with Crippen LogP contribution in [-0.4, -0.2) is 10.8 Å². The Hall–Kier alpha value is -3.41. The van der Waals surface area contributed by atoms with E-state index in [9.17, 15) is 14.9 Å². The van der Waals surface area contributed by atoms with Crippen molar-refractivity contribution in [3.05, 3.63) is 88.2 Å². The van der Waals surface area contributed by atoms with Crippen molar-refractivity contribution in [2.75, 3.05) is 0 Å². The smallest absolute Gasteiger partial charge is 0.287 e. The van der Waals surface area contributed by atoms with Gasteiger partial charge in [-0.3, -0.25) is 14.9 Å². The third kappa shape index (κ3) is 3.49. The lowest BCUT2D eigenvalue weighted by atomic mass is 10.1. The predicted octanol–water partition coefficient (Wildman–Crippen LogP) is 3.78. The van der Waals surface area contributed by atoms with Crippen LogP contribution in [0.15, 0.2) is 71.1 Å². The number of furan rings is 1. The molecule has 0 fully saturated rings. The fourth-order valence-corrected chi connectivity index (χ4v) is 2.23. The van der Waals surface area contributed by atoms with Gasteiger partial charge in [0, 0.05) is 24.2 Å². The summed E-state index contributed by atoms with van der Waals surface area (Å²) in [6.07, 6.45) is 0. The standard InChI is InChI=1S/C18H14N2O4/c21-18(19-12-13-4-2-1-3-5-13)17-11-10-16(24-17)14-6-8-15(9-7-14)20(22)23/h1-11H,12H2,(H,19,21). The molecule has 2 aromatic carbocycles. The number of amides is 1. The Labute approximate surface area is 137 Å². The second-order valence-electron chi connectivity index (χ2n) is 5.14. The van der Waals surface area contributed by atoms with Gasteiger partial charge in [0.15, 0.2) is 5.76 Å². The number of hydrogen-bond donors (Lipinski definition) is 1. The Bertz CT molecular complexity index is 854. The molecule has 1 amide bonds. The Kier molecular flexibility index (Phi) is 4.38. The van der Waals surface area contributed by atoms with E-state index in [0.717, 1.165) is 5.56 Å². The van der Waals surface area contributed by atoms with E-state index in [2.05, 4.69) is 5.32 Å². The van der Waals surface area contributed by atoms with Crippen molar-refractivity contribution in [3.63, 3.8) is 0 Å². The van der Waals surface area contributed by atoms with E-state index in [0.29, 0.717) is 17.9 Å². The van der Waals surface area contributed by atoms with Crippen LogP contribution in [0.5, 0.6) is 0 Å². The van der Waals surface area contributed by atoms with E-state index in [4.69, 9.17) is 4.42 Å². The van der Waals surface area contributed by atoms with Crippen molar-refractivity contribution < 1.29 is 14.1 Å². The molecule has 0 saturated carbocycles. The van der Waals surface area contributed by atoms with Gasteiger partial charge in [0.05, 0.1) is 4.92 Å². The van der Waals surface area contributed by atoms with E-state index in [-0.39, 0.29) is 17.4 Å². The molecule has 3 rings (SSSR count). The molecule has 0 aliphatic heterocycles. The zero-order chi connectivity index (χ0) is 16.9. The van der Waals surface area contributed by atoms with Gasteiger partial charge in [0.25, 0.3) is 11.6 Å². The average Bonchev–Trinajstić information content (AvgIpc) is 3.11. The minimum atomic E-state index is -0.464. The first-order valence-electron chi connectivity index (χ1n) is 7.30. The molecular weight excluding hydrogens is 308 g/mol. The molecule has 1 N–H and O–H groups in total. The molecule has 6 nitrogen and oxygen atoms in total. The molecule has 0 saturated heterocycles. The Morgan fingerprint density at radius 2 is 1.71 bits per heavy atom. The van der Waals surface area contributed by atoms with E-state index < -0.39 is 4.92 Å². The van der Waals surface area contributed by atoms with E-state index in [1.54, 1.807) is 24.3 Å². The highest BCUT2D eigenvalue weighted by Crippen LogP contribution is 2.24. The molecule has 6 heteroatoms. The topological polar surface area (TPSA) is 85.4 Å². The third-order valence-corrected chi connectivity index (χ3v) is 3.49. The van der Waals surface area contributed by atoms with Gasteiger partial charge in [0.1, 0.15) is 5.76 Å². The van der Waals surface area contributed by atoms with Crippen molar-refractivity contribution in [2.45, 2.75) is 6.54 Å². The van der Waals surface area contributed by atoms with Crippen molar-refractivity contribution in [1.82, 2.24) is 5.32 Å². The summed E-state index contributed by atoms with van der Waals surface area (Å²) >= 11 is 0. The van der Waals surface area contributed by atoms with Gasteiger partial charge in [-0.1, -0.05) is 30.3 Å². The quantitative estimate of drug-likeness (QED) is 0.572. The van der Waals surface area contributed by atoms with Gasteiger partial charge in [-0.25, -0.2) is 0 Å². The minimum absolute atomic E-state index is 0.00568. The van der Waals surface area contributed by atoms with Crippen LogP contribution in [-0.2, 0) is 6.54 Å². The number of nitro benzene ring substituents is 1. The number of carbonyl (C=O) groups is 1. The number of carbonyl (C=O) groups excluding carboxylic acids is 1. The van der Waals surface area contributed by atoms with Crippen molar-refractivity contribution in [1.29, 1.82) is 0 Å². The molecule has 0 unspecified atom stereocenters. The lowest BCUT2D eigenvalue weighted by Crippen LogP contribution is -2.22. The summed E-state index contributed by atoms with van der Waals surface area (Å²) < 4.78 is 5.54. The summed E-state index contributed by atoms with van der Waals surface area (Å²) in [7, 11) is 0. The van der Waals surface area contributed by atoms with Crippen LogP contribution in [0, 0.1) is 10.1 Å². The van der Waals surface area contributed by atoms with Crippen molar-refractivity contribution in [2.24, 2.45) is 0 Å². The zero-order valence-corrected chi connectivity index (χ0v) is 12.6. The second-order valence-corrected chi connectivity index (χ2v) is 5.14. The van der Waals surface area contributed by atoms with Crippen LogP contribution < -0.4 is 5.32 Å². The second kappa shape index (κ2) is 6.78. The first-order valence-corrected chi connectivity index (χ1v) is 7.30. The van der Waals surface area contributed by atoms with Crippen LogP contribution in [0.2, 0.25) is 0 Å². The summed E-state index contributed by atoms with van der Waals surface area (Å²) in [6, 6.07) is 18.8. The SMILES string of the molecule is O=C(NCc1ccccc1)c1ccc(-c2ccc([N+](=O)[O-])cc2)o1. The fourth-order valence-electron chi connectivity index (χ4n) is 2.23. The van der Waals surface area contributed by atoms with Crippen LogP contribution >= 0.6 is 0 Å². The van der Waals surface area contributed by atoms with Crippen LogP contribution in [0.4, 0.5) is 5.69 Å². The summed E-state index contributed by atoms with van der Waals surface area (Å²) in [6.45, 7) is 0.410. The third-order valence-electron chi connectivity index (χ3n) is 3.49.